The second kappa shape index (κ2) is 8.37. The highest BCUT2D eigenvalue weighted by Crippen LogP contribution is 2.38. The average Bonchev–Trinajstić information content (AvgIpc) is 3.35. The van der Waals surface area contributed by atoms with Gasteiger partial charge in [-0.05, 0) is 47.1 Å². The van der Waals surface area contributed by atoms with Crippen molar-refractivity contribution < 1.29 is 0 Å². The molecule has 2 heterocycles. The van der Waals surface area contributed by atoms with E-state index in [2.05, 4.69) is 75.3 Å². The van der Waals surface area contributed by atoms with Gasteiger partial charge in [-0.1, -0.05) is 76.1 Å². The smallest absolute Gasteiger partial charge is 0.192 e. The molecule has 0 bridgehead atoms. The predicted octanol–water partition coefficient (Wildman–Crippen LogP) is 5.36. The summed E-state index contributed by atoms with van der Waals surface area (Å²) >= 11 is 1.71. The molecule has 0 aliphatic heterocycles. The molecule has 2 aliphatic rings. The molecule has 31 heavy (non-hydrogen) atoms. The molecule has 7 nitrogen and oxygen atoms in total. The van der Waals surface area contributed by atoms with Crippen molar-refractivity contribution in [2.45, 2.75) is 94.1 Å². The van der Waals surface area contributed by atoms with Crippen LogP contribution in [0, 0.1) is 0 Å². The molecule has 8 heteroatoms. The summed E-state index contributed by atoms with van der Waals surface area (Å²) in [6.45, 7) is 6.74. The van der Waals surface area contributed by atoms with Gasteiger partial charge in [0.1, 0.15) is 0 Å². The normalized spacial score (nSPS) is 17.9. The summed E-state index contributed by atoms with van der Waals surface area (Å²) in [6.07, 6.45) is 8.61. The maximum absolute atomic E-state index is 4.66. The number of hydrogen-bond donors (Lipinski definition) is 0. The lowest BCUT2D eigenvalue weighted by atomic mass is 9.86. The molecule has 0 spiro atoms. The van der Waals surface area contributed by atoms with Gasteiger partial charge in [-0.15, -0.1) is 15.3 Å². The number of hydrogen-bond acceptors (Lipinski definition) is 6. The van der Waals surface area contributed by atoms with Crippen molar-refractivity contribution in [3.63, 3.8) is 0 Å². The van der Waals surface area contributed by atoms with Crippen molar-refractivity contribution in [3.05, 3.63) is 35.7 Å². The van der Waals surface area contributed by atoms with Crippen molar-refractivity contribution in [2.75, 3.05) is 0 Å². The molecule has 164 valence electrons. The Bertz CT molecular complexity index is 1020. The number of nitrogens with zero attached hydrogens (tertiary/aromatic N) is 7. The van der Waals surface area contributed by atoms with Gasteiger partial charge < -0.3 is 0 Å². The van der Waals surface area contributed by atoms with Crippen LogP contribution in [0.15, 0.2) is 29.4 Å². The topological polar surface area (TPSA) is 74.3 Å². The van der Waals surface area contributed by atoms with Gasteiger partial charge in [-0.2, -0.15) is 0 Å². The second-order valence-corrected chi connectivity index (χ2v) is 10.8. The first-order valence-corrected chi connectivity index (χ1v) is 12.4. The van der Waals surface area contributed by atoms with Crippen LogP contribution in [0.25, 0.3) is 11.4 Å². The highest BCUT2D eigenvalue weighted by Gasteiger charge is 2.29. The summed E-state index contributed by atoms with van der Waals surface area (Å²) in [6, 6.07) is 9.80. The molecule has 5 rings (SSSR count). The van der Waals surface area contributed by atoms with Crippen molar-refractivity contribution in [1.29, 1.82) is 0 Å². The molecule has 0 amide bonds. The van der Waals surface area contributed by atoms with E-state index in [0.717, 1.165) is 28.1 Å². The monoisotopic (exact) mass is 437 g/mol. The first-order chi connectivity index (χ1) is 15.0. The minimum Gasteiger partial charge on any atom is -0.299 e. The van der Waals surface area contributed by atoms with Crippen molar-refractivity contribution in [1.82, 2.24) is 35.0 Å². The highest BCUT2D eigenvalue weighted by molar-refractivity contribution is 7.98. The van der Waals surface area contributed by atoms with E-state index in [0.29, 0.717) is 12.1 Å². The Balaban J connectivity index is 1.44. The van der Waals surface area contributed by atoms with Gasteiger partial charge in [-0.3, -0.25) is 4.57 Å². The summed E-state index contributed by atoms with van der Waals surface area (Å²) in [5.74, 6) is 2.63. The lowest BCUT2D eigenvalue weighted by molar-refractivity contribution is 0.339. The Morgan fingerprint density at radius 1 is 0.903 bits per heavy atom. The van der Waals surface area contributed by atoms with Crippen LogP contribution in [0.2, 0.25) is 0 Å². The van der Waals surface area contributed by atoms with Crippen LogP contribution in [0.4, 0.5) is 0 Å². The van der Waals surface area contributed by atoms with E-state index in [1.807, 2.05) is 4.68 Å². The van der Waals surface area contributed by atoms with Gasteiger partial charge in [0, 0.05) is 11.6 Å². The first kappa shape index (κ1) is 20.7. The minimum absolute atomic E-state index is 0.141. The molecular formula is C23H31N7S. The van der Waals surface area contributed by atoms with Crippen LogP contribution >= 0.6 is 11.8 Å². The minimum atomic E-state index is 0.141. The lowest BCUT2D eigenvalue weighted by Crippen LogP contribution is -2.15. The zero-order valence-corrected chi connectivity index (χ0v) is 19.5. The van der Waals surface area contributed by atoms with Crippen LogP contribution in [0.1, 0.15) is 89.2 Å². The van der Waals surface area contributed by atoms with E-state index in [-0.39, 0.29) is 5.41 Å². The van der Waals surface area contributed by atoms with E-state index in [9.17, 15) is 0 Å². The molecular weight excluding hydrogens is 406 g/mol. The van der Waals surface area contributed by atoms with Gasteiger partial charge in [-0.25, -0.2) is 4.68 Å². The Morgan fingerprint density at radius 2 is 1.65 bits per heavy atom. The molecule has 2 fully saturated rings. The van der Waals surface area contributed by atoms with Crippen LogP contribution < -0.4 is 0 Å². The molecule has 0 radical (unpaired) electrons. The number of tetrazole rings is 1. The SMILES string of the molecule is CC(C)(C)c1ccc(-c2nnc(SCc3nnnn3C3CC3)n2C2CCCCC2)cc1. The summed E-state index contributed by atoms with van der Waals surface area (Å²) in [4.78, 5) is 0. The lowest BCUT2D eigenvalue weighted by Gasteiger charge is -2.26. The molecule has 2 aliphatic carbocycles. The molecule has 2 saturated carbocycles. The molecule has 3 aromatic rings. The van der Waals surface area contributed by atoms with Crippen LogP contribution in [-0.4, -0.2) is 35.0 Å². The number of aromatic nitrogens is 7. The fourth-order valence-electron chi connectivity index (χ4n) is 4.40. The number of thioether (sulfide) groups is 1. The van der Waals surface area contributed by atoms with Crippen LogP contribution in [0.3, 0.4) is 0 Å². The first-order valence-electron chi connectivity index (χ1n) is 11.5. The Kier molecular flexibility index (Phi) is 5.58. The zero-order chi connectivity index (χ0) is 21.4. The summed E-state index contributed by atoms with van der Waals surface area (Å²) in [5, 5.41) is 22.6. The maximum atomic E-state index is 4.66. The van der Waals surface area contributed by atoms with Crippen molar-refractivity contribution in [3.8, 4) is 11.4 Å². The predicted molar refractivity (Wildman–Crippen MR) is 122 cm³/mol. The van der Waals surface area contributed by atoms with Gasteiger partial charge in [0.05, 0.1) is 11.8 Å². The molecule has 0 atom stereocenters. The van der Waals surface area contributed by atoms with E-state index < -0.39 is 0 Å². The third kappa shape index (κ3) is 4.40. The van der Waals surface area contributed by atoms with Crippen molar-refractivity contribution >= 4 is 11.8 Å². The maximum Gasteiger partial charge on any atom is 0.192 e. The zero-order valence-electron chi connectivity index (χ0n) is 18.7. The van der Waals surface area contributed by atoms with Crippen LogP contribution in [-0.2, 0) is 11.2 Å². The Hall–Kier alpha value is -2.22. The van der Waals surface area contributed by atoms with Gasteiger partial charge in [0.25, 0.3) is 0 Å². The summed E-state index contributed by atoms with van der Waals surface area (Å²) in [7, 11) is 0. The molecule has 0 N–H and O–H groups in total. The molecule has 1 aromatic carbocycles. The van der Waals surface area contributed by atoms with E-state index in [4.69, 9.17) is 0 Å². The van der Waals surface area contributed by atoms with E-state index >= 15 is 0 Å². The number of benzene rings is 1. The van der Waals surface area contributed by atoms with Gasteiger partial charge in [0.15, 0.2) is 16.8 Å². The van der Waals surface area contributed by atoms with E-state index in [1.165, 1.54) is 50.5 Å². The van der Waals surface area contributed by atoms with E-state index in [1.54, 1.807) is 11.8 Å². The molecule has 0 saturated heterocycles. The van der Waals surface area contributed by atoms with Gasteiger partial charge in [0.2, 0.25) is 0 Å². The molecule has 2 aromatic heterocycles. The summed E-state index contributed by atoms with van der Waals surface area (Å²) < 4.78 is 4.38. The fraction of sp³-hybridized carbons (Fsp3) is 0.609. The fourth-order valence-corrected chi connectivity index (χ4v) is 5.32. The third-order valence-electron chi connectivity index (χ3n) is 6.40. The average molecular weight is 438 g/mol. The highest BCUT2D eigenvalue weighted by atomic mass is 32.2. The van der Waals surface area contributed by atoms with Crippen LogP contribution in [0.5, 0.6) is 0 Å². The molecule has 0 unspecified atom stereocenters. The largest absolute Gasteiger partial charge is 0.299 e. The quantitative estimate of drug-likeness (QED) is 0.483. The standard InChI is InChI=1S/C23H31N7S/c1-23(2,3)17-11-9-16(10-12-17)21-25-26-22(29(21)18-7-5-4-6-8-18)31-15-20-24-27-28-30(20)19-13-14-19/h9-12,18-19H,4-8,13-15H2,1-3H3. The third-order valence-corrected chi connectivity index (χ3v) is 7.34. The Morgan fingerprint density at radius 3 is 2.32 bits per heavy atom. The van der Waals surface area contributed by atoms with Crippen molar-refractivity contribution in [2.24, 2.45) is 0 Å². The summed E-state index contributed by atoms with van der Waals surface area (Å²) in [5.41, 5.74) is 2.62. The Labute approximate surface area is 188 Å². The number of rotatable bonds is 6. The van der Waals surface area contributed by atoms with Gasteiger partial charge >= 0.3 is 0 Å². The second-order valence-electron chi connectivity index (χ2n) is 9.85.